The van der Waals surface area contributed by atoms with Crippen LogP contribution in [0.3, 0.4) is 0 Å². The first kappa shape index (κ1) is 19.1. The Hall–Kier alpha value is -1.92. The summed E-state index contributed by atoms with van der Waals surface area (Å²) in [6.45, 7) is 1.58. The fourth-order valence-corrected chi connectivity index (χ4v) is 7.16. The van der Waals surface area contributed by atoms with Crippen molar-refractivity contribution >= 4 is 10.0 Å². The molecule has 2 bridgehead atoms. The van der Waals surface area contributed by atoms with Gasteiger partial charge in [0.25, 0.3) is 5.56 Å². The van der Waals surface area contributed by atoms with Crippen LogP contribution in [-0.4, -0.2) is 30.4 Å². The van der Waals surface area contributed by atoms with Crippen molar-refractivity contribution in [3.63, 3.8) is 0 Å². The molecule has 3 heterocycles. The lowest BCUT2D eigenvalue weighted by Gasteiger charge is -2.42. The Bertz CT molecular complexity index is 1060. The summed E-state index contributed by atoms with van der Waals surface area (Å²) < 4.78 is 29.8. The van der Waals surface area contributed by atoms with Gasteiger partial charge in [0.1, 0.15) is 0 Å². The van der Waals surface area contributed by atoms with Gasteiger partial charge in [0, 0.05) is 36.8 Å². The molecule has 2 atom stereocenters. The summed E-state index contributed by atoms with van der Waals surface area (Å²) in [6, 6.07) is 12.8. The summed E-state index contributed by atoms with van der Waals surface area (Å²) in [5, 5.41) is 0. The quantitative estimate of drug-likeness (QED) is 0.772. The van der Waals surface area contributed by atoms with Crippen LogP contribution >= 0.6 is 0 Å². The zero-order valence-corrected chi connectivity index (χ0v) is 17.5. The SMILES string of the molecule is O=c1c(C2CCCCC2)ccc2n1CC1CC2CN(S(=O)(=O)c2ccccc2)C1. The molecule has 0 radical (unpaired) electrons. The van der Waals surface area contributed by atoms with Crippen molar-refractivity contribution in [2.75, 3.05) is 13.1 Å². The van der Waals surface area contributed by atoms with Gasteiger partial charge in [-0.25, -0.2) is 8.42 Å². The van der Waals surface area contributed by atoms with Gasteiger partial charge in [0.15, 0.2) is 0 Å². The second kappa shape index (κ2) is 7.40. The molecule has 1 saturated heterocycles. The molecule has 2 unspecified atom stereocenters. The van der Waals surface area contributed by atoms with Gasteiger partial charge in [-0.05, 0) is 49.3 Å². The highest BCUT2D eigenvalue weighted by atomic mass is 32.2. The van der Waals surface area contributed by atoms with E-state index in [2.05, 4.69) is 6.07 Å². The number of piperidine rings is 1. The van der Waals surface area contributed by atoms with Gasteiger partial charge in [-0.2, -0.15) is 4.31 Å². The predicted molar refractivity (Wildman–Crippen MR) is 113 cm³/mol. The van der Waals surface area contributed by atoms with E-state index in [1.807, 2.05) is 16.7 Å². The Balaban J connectivity index is 1.46. The molecule has 2 aromatic rings. The van der Waals surface area contributed by atoms with Crippen LogP contribution in [0.2, 0.25) is 0 Å². The molecule has 1 saturated carbocycles. The third-order valence-electron chi connectivity index (χ3n) is 7.03. The molecule has 3 aliphatic rings. The molecular formula is C23H28N2O3S. The number of hydrogen-bond donors (Lipinski definition) is 0. The summed E-state index contributed by atoms with van der Waals surface area (Å²) in [4.78, 5) is 13.6. The van der Waals surface area contributed by atoms with E-state index in [0.29, 0.717) is 30.4 Å². The first-order valence-electron chi connectivity index (χ1n) is 10.8. The standard InChI is InChI=1S/C23H28N2O3S/c26-23-21(18-7-3-1-4-8-18)11-12-22-19-13-17(15-25(22)23)14-24(16-19)29(27,28)20-9-5-2-6-10-20/h2,5-6,9-12,17-19H,1,3-4,7-8,13-16H2. The van der Waals surface area contributed by atoms with E-state index in [-0.39, 0.29) is 17.4 Å². The maximum absolute atomic E-state index is 13.3. The minimum absolute atomic E-state index is 0.0918. The van der Waals surface area contributed by atoms with Gasteiger partial charge >= 0.3 is 0 Å². The Morgan fingerprint density at radius 2 is 1.59 bits per heavy atom. The summed E-state index contributed by atoms with van der Waals surface area (Å²) in [5.41, 5.74) is 2.16. The van der Waals surface area contributed by atoms with Crippen LogP contribution in [0.25, 0.3) is 0 Å². The van der Waals surface area contributed by atoms with E-state index in [1.54, 1.807) is 28.6 Å². The Morgan fingerprint density at radius 1 is 0.828 bits per heavy atom. The number of rotatable bonds is 3. The fraction of sp³-hybridized carbons (Fsp3) is 0.522. The van der Waals surface area contributed by atoms with E-state index in [1.165, 1.54) is 19.3 Å². The highest BCUT2D eigenvalue weighted by Crippen LogP contribution is 2.38. The van der Waals surface area contributed by atoms with Crippen molar-refractivity contribution in [3.05, 3.63) is 64.1 Å². The minimum Gasteiger partial charge on any atom is -0.312 e. The van der Waals surface area contributed by atoms with Gasteiger partial charge < -0.3 is 4.57 Å². The lowest BCUT2D eigenvalue weighted by atomic mass is 9.81. The lowest BCUT2D eigenvalue weighted by molar-refractivity contribution is 0.185. The van der Waals surface area contributed by atoms with Crippen molar-refractivity contribution in [2.45, 2.75) is 61.8 Å². The van der Waals surface area contributed by atoms with E-state index >= 15 is 0 Å². The molecule has 0 N–H and O–H groups in total. The van der Waals surface area contributed by atoms with Crippen LogP contribution in [0.5, 0.6) is 0 Å². The molecule has 5 nitrogen and oxygen atoms in total. The number of fused-ring (bicyclic) bond motifs is 4. The first-order valence-corrected chi connectivity index (χ1v) is 12.3. The van der Waals surface area contributed by atoms with Crippen LogP contribution in [0.15, 0.2) is 52.2 Å². The average Bonchev–Trinajstić information content (AvgIpc) is 2.75. The van der Waals surface area contributed by atoms with Crippen molar-refractivity contribution in [1.29, 1.82) is 0 Å². The lowest BCUT2D eigenvalue weighted by Crippen LogP contribution is -2.49. The van der Waals surface area contributed by atoms with Crippen molar-refractivity contribution in [3.8, 4) is 0 Å². The van der Waals surface area contributed by atoms with Gasteiger partial charge in [-0.3, -0.25) is 4.79 Å². The van der Waals surface area contributed by atoms with E-state index < -0.39 is 10.0 Å². The van der Waals surface area contributed by atoms with Gasteiger partial charge in [-0.1, -0.05) is 43.5 Å². The van der Waals surface area contributed by atoms with Crippen LogP contribution < -0.4 is 5.56 Å². The summed E-state index contributed by atoms with van der Waals surface area (Å²) in [5.74, 6) is 0.680. The maximum Gasteiger partial charge on any atom is 0.254 e. The summed E-state index contributed by atoms with van der Waals surface area (Å²) in [6.07, 6.45) is 6.89. The third-order valence-corrected chi connectivity index (χ3v) is 8.87. The Labute approximate surface area is 172 Å². The molecule has 1 aromatic heterocycles. The van der Waals surface area contributed by atoms with Crippen molar-refractivity contribution < 1.29 is 8.42 Å². The van der Waals surface area contributed by atoms with Crippen LogP contribution in [0.4, 0.5) is 0 Å². The zero-order chi connectivity index (χ0) is 20.0. The molecule has 6 heteroatoms. The molecule has 0 spiro atoms. The number of hydrogen-bond acceptors (Lipinski definition) is 3. The Kier molecular flexibility index (Phi) is 4.87. The first-order chi connectivity index (χ1) is 14.0. The van der Waals surface area contributed by atoms with Gasteiger partial charge in [-0.15, -0.1) is 0 Å². The number of pyridine rings is 1. The minimum atomic E-state index is -3.50. The monoisotopic (exact) mass is 412 g/mol. The Morgan fingerprint density at radius 3 is 2.34 bits per heavy atom. The molecular weight excluding hydrogens is 384 g/mol. The number of nitrogens with zero attached hydrogens (tertiary/aromatic N) is 2. The normalized spacial score (nSPS) is 25.5. The molecule has 1 aliphatic carbocycles. The second-order valence-electron chi connectivity index (χ2n) is 8.90. The van der Waals surface area contributed by atoms with Crippen LogP contribution in [-0.2, 0) is 16.6 Å². The maximum atomic E-state index is 13.3. The predicted octanol–water partition coefficient (Wildman–Crippen LogP) is 3.70. The molecule has 0 amide bonds. The van der Waals surface area contributed by atoms with E-state index in [4.69, 9.17) is 0 Å². The zero-order valence-electron chi connectivity index (χ0n) is 16.7. The number of aromatic nitrogens is 1. The largest absolute Gasteiger partial charge is 0.312 e. The van der Waals surface area contributed by atoms with Crippen LogP contribution in [0.1, 0.15) is 61.6 Å². The second-order valence-corrected chi connectivity index (χ2v) is 10.8. The smallest absolute Gasteiger partial charge is 0.254 e. The van der Waals surface area contributed by atoms with Crippen LogP contribution in [0, 0.1) is 5.92 Å². The summed E-state index contributed by atoms with van der Waals surface area (Å²) >= 11 is 0. The topological polar surface area (TPSA) is 59.4 Å². The highest BCUT2D eigenvalue weighted by molar-refractivity contribution is 7.89. The fourth-order valence-electron chi connectivity index (χ4n) is 5.58. The highest BCUT2D eigenvalue weighted by Gasteiger charge is 2.40. The molecule has 2 fully saturated rings. The molecule has 1 aromatic carbocycles. The molecule has 5 rings (SSSR count). The molecule has 2 aliphatic heterocycles. The average molecular weight is 413 g/mol. The summed E-state index contributed by atoms with van der Waals surface area (Å²) in [7, 11) is -3.50. The van der Waals surface area contributed by atoms with E-state index in [9.17, 15) is 13.2 Å². The van der Waals surface area contributed by atoms with Crippen molar-refractivity contribution in [2.24, 2.45) is 5.92 Å². The van der Waals surface area contributed by atoms with E-state index in [0.717, 1.165) is 30.5 Å². The van der Waals surface area contributed by atoms with Gasteiger partial charge in [0.2, 0.25) is 10.0 Å². The van der Waals surface area contributed by atoms with Crippen molar-refractivity contribution in [1.82, 2.24) is 8.87 Å². The molecule has 29 heavy (non-hydrogen) atoms. The number of benzene rings is 1. The number of sulfonamides is 1. The molecule has 154 valence electrons. The third kappa shape index (κ3) is 3.36. The van der Waals surface area contributed by atoms with Gasteiger partial charge in [0.05, 0.1) is 4.90 Å².